The summed E-state index contributed by atoms with van der Waals surface area (Å²) in [6.07, 6.45) is -2.64. The standard InChI is InChI=1S/C16H20F3N3O2/c1-10(15(24)20-11-7-8-11)22(2)9-14(23)21-13-6-4-3-5-12(13)16(17,18)19/h3-6,10-11H,7-9H2,1-2H3,(H,20,24)(H,21,23). The van der Waals surface area contributed by atoms with Crippen molar-refractivity contribution in [2.24, 2.45) is 0 Å². The molecule has 1 saturated carbocycles. The number of nitrogens with one attached hydrogen (secondary N) is 2. The maximum Gasteiger partial charge on any atom is 0.418 e. The van der Waals surface area contributed by atoms with E-state index in [0.717, 1.165) is 18.9 Å². The smallest absolute Gasteiger partial charge is 0.352 e. The molecular formula is C16H20F3N3O2. The molecule has 1 atom stereocenters. The van der Waals surface area contributed by atoms with E-state index in [1.807, 2.05) is 0 Å². The highest BCUT2D eigenvalue weighted by Gasteiger charge is 2.34. The number of hydrogen-bond acceptors (Lipinski definition) is 3. The Morgan fingerprint density at radius 1 is 1.29 bits per heavy atom. The Kier molecular flexibility index (Phi) is 5.48. The molecule has 1 aliphatic rings. The second-order valence-corrected chi connectivity index (χ2v) is 5.97. The van der Waals surface area contributed by atoms with Gasteiger partial charge in [0.1, 0.15) is 0 Å². The first-order valence-corrected chi connectivity index (χ1v) is 7.65. The molecule has 0 aliphatic heterocycles. The third kappa shape index (κ3) is 4.95. The highest BCUT2D eigenvalue weighted by Crippen LogP contribution is 2.34. The van der Waals surface area contributed by atoms with E-state index in [-0.39, 0.29) is 24.2 Å². The van der Waals surface area contributed by atoms with Gasteiger partial charge in [-0.2, -0.15) is 13.2 Å². The van der Waals surface area contributed by atoms with Gasteiger partial charge >= 0.3 is 6.18 Å². The SMILES string of the molecule is CC(C(=O)NC1CC1)N(C)CC(=O)Nc1ccccc1C(F)(F)F. The van der Waals surface area contributed by atoms with Crippen molar-refractivity contribution in [3.8, 4) is 0 Å². The van der Waals surface area contributed by atoms with Gasteiger partial charge in [0.05, 0.1) is 23.8 Å². The Morgan fingerprint density at radius 3 is 2.50 bits per heavy atom. The Morgan fingerprint density at radius 2 is 1.92 bits per heavy atom. The highest BCUT2D eigenvalue weighted by molar-refractivity contribution is 5.93. The lowest BCUT2D eigenvalue weighted by molar-refractivity contribution is -0.137. The summed E-state index contributed by atoms with van der Waals surface area (Å²) >= 11 is 0. The molecule has 1 aromatic rings. The Bertz CT molecular complexity index is 615. The van der Waals surface area contributed by atoms with Crippen molar-refractivity contribution in [2.75, 3.05) is 18.9 Å². The van der Waals surface area contributed by atoms with Gasteiger partial charge in [0.25, 0.3) is 0 Å². The molecule has 24 heavy (non-hydrogen) atoms. The lowest BCUT2D eigenvalue weighted by atomic mass is 10.1. The monoisotopic (exact) mass is 343 g/mol. The number of hydrogen-bond donors (Lipinski definition) is 2. The molecule has 5 nitrogen and oxygen atoms in total. The second kappa shape index (κ2) is 7.21. The Hall–Kier alpha value is -2.09. The zero-order chi connectivity index (χ0) is 17.9. The van der Waals surface area contributed by atoms with Gasteiger partial charge in [-0.1, -0.05) is 12.1 Å². The minimum Gasteiger partial charge on any atom is -0.352 e. The number of benzene rings is 1. The average molecular weight is 343 g/mol. The van der Waals surface area contributed by atoms with Crippen molar-refractivity contribution >= 4 is 17.5 Å². The maximum atomic E-state index is 12.9. The molecule has 0 radical (unpaired) electrons. The van der Waals surface area contributed by atoms with E-state index >= 15 is 0 Å². The van der Waals surface area contributed by atoms with Crippen LogP contribution in [0.2, 0.25) is 0 Å². The summed E-state index contributed by atoms with van der Waals surface area (Å²) in [5.74, 6) is -0.802. The Labute approximate surface area is 138 Å². The van der Waals surface area contributed by atoms with E-state index < -0.39 is 23.7 Å². The molecule has 132 valence electrons. The van der Waals surface area contributed by atoms with Crippen molar-refractivity contribution in [1.82, 2.24) is 10.2 Å². The summed E-state index contributed by atoms with van der Waals surface area (Å²) in [4.78, 5) is 25.4. The summed E-state index contributed by atoms with van der Waals surface area (Å²) in [6.45, 7) is 1.46. The normalized spacial score (nSPS) is 15.9. The third-order valence-electron chi connectivity index (χ3n) is 3.86. The topological polar surface area (TPSA) is 61.4 Å². The van der Waals surface area contributed by atoms with E-state index in [9.17, 15) is 22.8 Å². The van der Waals surface area contributed by atoms with Crippen LogP contribution in [0.15, 0.2) is 24.3 Å². The number of carbonyl (C=O) groups is 2. The summed E-state index contributed by atoms with van der Waals surface area (Å²) in [5, 5.41) is 5.09. The molecule has 0 heterocycles. The molecule has 0 aromatic heterocycles. The number of halogens is 3. The number of carbonyl (C=O) groups excluding carboxylic acids is 2. The highest BCUT2D eigenvalue weighted by atomic mass is 19.4. The van der Waals surface area contributed by atoms with Gasteiger partial charge in [0.15, 0.2) is 0 Å². The number of nitrogens with zero attached hydrogens (tertiary/aromatic N) is 1. The summed E-state index contributed by atoms with van der Waals surface area (Å²) < 4.78 is 38.7. The van der Waals surface area contributed by atoms with E-state index in [2.05, 4.69) is 10.6 Å². The molecular weight excluding hydrogens is 323 g/mol. The molecule has 0 saturated heterocycles. The van der Waals surface area contributed by atoms with Gasteiger partial charge in [-0.25, -0.2) is 0 Å². The summed E-state index contributed by atoms with van der Waals surface area (Å²) in [5.41, 5.74) is -1.20. The third-order valence-corrected chi connectivity index (χ3v) is 3.86. The van der Waals surface area contributed by atoms with Crippen molar-refractivity contribution in [2.45, 2.75) is 38.0 Å². The molecule has 2 amide bonds. The minimum absolute atomic E-state index is 0.189. The fraction of sp³-hybridized carbons (Fsp3) is 0.500. The van der Waals surface area contributed by atoms with Gasteiger partial charge < -0.3 is 10.6 Å². The van der Waals surface area contributed by atoms with Crippen molar-refractivity contribution < 1.29 is 22.8 Å². The van der Waals surface area contributed by atoms with Crippen LogP contribution in [0, 0.1) is 0 Å². The maximum absolute atomic E-state index is 12.9. The lowest BCUT2D eigenvalue weighted by Gasteiger charge is -2.23. The Balaban J connectivity index is 1.94. The first-order chi connectivity index (χ1) is 11.2. The molecule has 0 spiro atoms. The van der Waals surface area contributed by atoms with E-state index in [4.69, 9.17) is 0 Å². The number of rotatable bonds is 6. The van der Waals surface area contributed by atoms with Gasteiger partial charge in [-0.05, 0) is 38.9 Å². The minimum atomic E-state index is -4.55. The molecule has 2 N–H and O–H groups in total. The van der Waals surface area contributed by atoms with Crippen LogP contribution in [0.4, 0.5) is 18.9 Å². The molecule has 0 bridgehead atoms. The van der Waals surface area contributed by atoms with Gasteiger partial charge in [-0.15, -0.1) is 0 Å². The number of alkyl halides is 3. The first-order valence-electron chi connectivity index (χ1n) is 7.65. The predicted octanol–water partition coefficient (Wildman–Crippen LogP) is 2.24. The van der Waals surface area contributed by atoms with Crippen LogP contribution in [0.3, 0.4) is 0 Å². The van der Waals surface area contributed by atoms with E-state index in [0.29, 0.717) is 0 Å². The van der Waals surface area contributed by atoms with Gasteiger partial charge in [0.2, 0.25) is 11.8 Å². The molecule has 1 aliphatic carbocycles. The van der Waals surface area contributed by atoms with E-state index in [1.165, 1.54) is 23.1 Å². The van der Waals surface area contributed by atoms with Crippen LogP contribution in [-0.2, 0) is 15.8 Å². The van der Waals surface area contributed by atoms with Gasteiger partial charge in [-0.3, -0.25) is 14.5 Å². The molecule has 1 unspecified atom stereocenters. The second-order valence-electron chi connectivity index (χ2n) is 5.97. The van der Waals surface area contributed by atoms with Crippen LogP contribution in [-0.4, -0.2) is 42.4 Å². The van der Waals surface area contributed by atoms with Crippen molar-refractivity contribution in [3.05, 3.63) is 29.8 Å². The fourth-order valence-electron chi connectivity index (χ4n) is 2.14. The quantitative estimate of drug-likeness (QED) is 0.833. The van der Waals surface area contributed by atoms with E-state index in [1.54, 1.807) is 14.0 Å². The summed E-state index contributed by atoms with van der Waals surface area (Å²) in [7, 11) is 1.58. The zero-order valence-electron chi connectivity index (χ0n) is 13.5. The number of amides is 2. The van der Waals surface area contributed by atoms with Crippen molar-refractivity contribution in [1.29, 1.82) is 0 Å². The predicted molar refractivity (Wildman–Crippen MR) is 83.3 cm³/mol. The lowest BCUT2D eigenvalue weighted by Crippen LogP contribution is -2.46. The molecule has 1 aromatic carbocycles. The van der Waals surface area contributed by atoms with Gasteiger partial charge in [0, 0.05) is 6.04 Å². The van der Waals surface area contributed by atoms with Crippen LogP contribution in [0.5, 0.6) is 0 Å². The number of anilines is 1. The fourth-order valence-corrected chi connectivity index (χ4v) is 2.14. The van der Waals surface area contributed by atoms with Crippen molar-refractivity contribution in [3.63, 3.8) is 0 Å². The van der Waals surface area contributed by atoms with Crippen LogP contribution >= 0.6 is 0 Å². The van der Waals surface area contributed by atoms with Crippen LogP contribution < -0.4 is 10.6 Å². The average Bonchev–Trinajstić information content (AvgIpc) is 3.29. The van der Waals surface area contributed by atoms with Crippen LogP contribution in [0.1, 0.15) is 25.3 Å². The van der Waals surface area contributed by atoms with Crippen LogP contribution in [0.25, 0.3) is 0 Å². The summed E-state index contributed by atoms with van der Waals surface area (Å²) in [6, 6.07) is 4.44. The largest absolute Gasteiger partial charge is 0.418 e. The molecule has 8 heteroatoms. The molecule has 1 fully saturated rings. The molecule has 2 rings (SSSR count). The zero-order valence-corrected chi connectivity index (χ0v) is 13.5. The first kappa shape index (κ1) is 18.3. The number of para-hydroxylation sites is 1. The number of likely N-dealkylation sites (N-methyl/N-ethyl adjacent to an activating group) is 1.